The number of nitrogens with zero attached hydrogens (tertiary/aromatic N) is 2. The number of piperidine rings is 1. The Hall–Kier alpha value is -0.810. The smallest absolute Gasteiger partial charge is 0.410 e. The number of carbonyl (C=O) groups excluding carboxylic acids is 1. The lowest BCUT2D eigenvalue weighted by Gasteiger charge is -2.33. The van der Waals surface area contributed by atoms with Gasteiger partial charge in [0.1, 0.15) is 5.60 Å². The zero-order valence-electron chi connectivity index (χ0n) is 13.7. The lowest BCUT2D eigenvalue weighted by atomic mass is 9.97. The van der Waals surface area contributed by atoms with Crippen LogP contribution < -0.4 is 5.32 Å². The number of rotatable bonds is 5. The Morgan fingerprint density at radius 1 is 1.30 bits per heavy atom. The standard InChI is InChI=1S/C15H31N3O2/c1-15(2,3)20-14(19)18-9-6-13(7-10-18)12-16-8-11-17(4)5/h13,16H,6-12H2,1-5H3. The molecule has 20 heavy (non-hydrogen) atoms. The van der Waals surface area contributed by atoms with E-state index in [4.69, 9.17) is 4.74 Å². The second-order valence-corrected chi connectivity index (χ2v) is 6.92. The molecule has 0 atom stereocenters. The molecular weight excluding hydrogens is 254 g/mol. The largest absolute Gasteiger partial charge is 0.444 e. The van der Waals surface area contributed by atoms with Gasteiger partial charge in [-0.3, -0.25) is 0 Å². The summed E-state index contributed by atoms with van der Waals surface area (Å²) in [5.41, 5.74) is -0.401. The molecule has 0 saturated carbocycles. The van der Waals surface area contributed by atoms with Gasteiger partial charge >= 0.3 is 6.09 Å². The maximum absolute atomic E-state index is 11.9. The number of hydrogen-bond donors (Lipinski definition) is 1. The first-order valence-corrected chi connectivity index (χ1v) is 7.61. The average molecular weight is 285 g/mol. The highest BCUT2D eigenvalue weighted by molar-refractivity contribution is 5.68. The fraction of sp³-hybridized carbons (Fsp3) is 0.933. The number of ether oxygens (including phenoxy) is 1. The van der Waals surface area contributed by atoms with Crippen LogP contribution >= 0.6 is 0 Å². The molecule has 0 aliphatic carbocycles. The molecule has 0 radical (unpaired) electrons. The van der Waals surface area contributed by atoms with Crippen molar-refractivity contribution in [2.45, 2.75) is 39.2 Å². The Balaban J connectivity index is 2.18. The van der Waals surface area contributed by atoms with Gasteiger partial charge in [0.2, 0.25) is 0 Å². The van der Waals surface area contributed by atoms with Crippen LogP contribution in [0, 0.1) is 5.92 Å². The Morgan fingerprint density at radius 2 is 1.90 bits per heavy atom. The Labute approximate surface area is 123 Å². The van der Waals surface area contributed by atoms with Crippen molar-refractivity contribution in [3.8, 4) is 0 Å². The summed E-state index contributed by atoms with van der Waals surface area (Å²) in [5, 5.41) is 3.49. The van der Waals surface area contributed by atoms with Crippen LogP contribution in [0.3, 0.4) is 0 Å². The highest BCUT2D eigenvalue weighted by atomic mass is 16.6. The topological polar surface area (TPSA) is 44.8 Å². The fourth-order valence-corrected chi connectivity index (χ4v) is 2.25. The van der Waals surface area contributed by atoms with Gasteiger partial charge in [0.05, 0.1) is 0 Å². The van der Waals surface area contributed by atoms with Gasteiger partial charge in [-0.05, 0) is 60.2 Å². The molecule has 1 aliphatic heterocycles. The van der Waals surface area contributed by atoms with E-state index in [-0.39, 0.29) is 6.09 Å². The molecule has 0 aromatic rings. The number of likely N-dealkylation sites (tertiary alicyclic amines) is 1. The number of carbonyl (C=O) groups is 1. The van der Waals surface area contributed by atoms with Crippen LogP contribution in [-0.4, -0.2) is 68.3 Å². The summed E-state index contributed by atoms with van der Waals surface area (Å²) in [7, 11) is 4.17. The highest BCUT2D eigenvalue weighted by Gasteiger charge is 2.26. The lowest BCUT2D eigenvalue weighted by molar-refractivity contribution is 0.0184. The molecular formula is C15H31N3O2. The number of amides is 1. The molecule has 1 rings (SSSR count). The molecule has 0 spiro atoms. The summed E-state index contributed by atoms with van der Waals surface area (Å²) in [5.74, 6) is 0.677. The van der Waals surface area contributed by atoms with Gasteiger partial charge in [-0.25, -0.2) is 4.79 Å². The van der Waals surface area contributed by atoms with Crippen molar-refractivity contribution in [1.29, 1.82) is 0 Å². The van der Waals surface area contributed by atoms with Crippen molar-refractivity contribution in [1.82, 2.24) is 15.1 Å². The first-order valence-electron chi connectivity index (χ1n) is 7.61. The number of nitrogens with one attached hydrogen (secondary N) is 1. The molecule has 0 unspecified atom stereocenters. The first-order chi connectivity index (χ1) is 9.28. The summed E-state index contributed by atoms with van der Waals surface area (Å²) in [6, 6.07) is 0. The third kappa shape index (κ3) is 7.10. The van der Waals surface area contributed by atoms with Gasteiger partial charge < -0.3 is 19.9 Å². The van der Waals surface area contributed by atoms with Gasteiger partial charge in [0, 0.05) is 26.2 Å². The maximum atomic E-state index is 11.9. The maximum Gasteiger partial charge on any atom is 0.410 e. The molecule has 118 valence electrons. The number of hydrogen-bond acceptors (Lipinski definition) is 4. The summed E-state index contributed by atoms with van der Waals surface area (Å²) in [6.07, 6.45) is 1.96. The third-order valence-corrected chi connectivity index (χ3v) is 3.44. The molecule has 1 heterocycles. The van der Waals surface area contributed by atoms with Crippen LogP contribution in [0.5, 0.6) is 0 Å². The lowest BCUT2D eigenvalue weighted by Crippen LogP contribution is -2.43. The first kappa shape index (κ1) is 17.2. The summed E-state index contributed by atoms with van der Waals surface area (Å²) in [6.45, 7) is 10.5. The van der Waals surface area contributed by atoms with Crippen molar-refractivity contribution < 1.29 is 9.53 Å². The Morgan fingerprint density at radius 3 is 2.40 bits per heavy atom. The molecule has 1 saturated heterocycles. The zero-order chi connectivity index (χ0) is 15.2. The SMILES string of the molecule is CN(C)CCNCC1CCN(C(=O)OC(C)(C)C)CC1. The van der Waals surface area contributed by atoms with Crippen LogP contribution in [0.1, 0.15) is 33.6 Å². The molecule has 1 amide bonds. The van der Waals surface area contributed by atoms with E-state index < -0.39 is 5.60 Å². The van der Waals surface area contributed by atoms with Crippen LogP contribution in [0.2, 0.25) is 0 Å². The van der Waals surface area contributed by atoms with Crippen LogP contribution in [0.25, 0.3) is 0 Å². The minimum atomic E-state index is -0.401. The molecule has 1 aliphatic rings. The fourth-order valence-electron chi connectivity index (χ4n) is 2.25. The number of likely N-dealkylation sites (N-methyl/N-ethyl adjacent to an activating group) is 1. The van der Waals surface area contributed by atoms with E-state index in [0.717, 1.165) is 45.6 Å². The van der Waals surface area contributed by atoms with Gasteiger partial charge in [0.25, 0.3) is 0 Å². The van der Waals surface area contributed by atoms with E-state index >= 15 is 0 Å². The van der Waals surface area contributed by atoms with Crippen LogP contribution in [0.4, 0.5) is 4.79 Å². The summed E-state index contributed by atoms with van der Waals surface area (Å²) in [4.78, 5) is 16.0. The molecule has 5 heteroatoms. The zero-order valence-corrected chi connectivity index (χ0v) is 13.7. The van der Waals surface area contributed by atoms with E-state index in [0.29, 0.717) is 5.92 Å². The second kappa shape index (κ2) is 7.84. The quantitative estimate of drug-likeness (QED) is 0.782. The predicted molar refractivity (Wildman–Crippen MR) is 82.0 cm³/mol. The van der Waals surface area contributed by atoms with Gasteiger partial charge in [0.15, 0.2) is 0 Å². The van der Waals surface area contributed by atoms with Crippen molar-refractivity contribution >= 4 is 6.09 Å². The molecule has 1 fully saturated rings. The van der Waals surface area contributed by atoms with Crippen molar-refractivity contribution in [2.24, 2.45) is 5.92 Å². The second-order valence-electron chi connectivity index (χ2n) is 6.92. The molecule has 0 aromatic carbocycles. The van der Waals surface area contributed by atoms with E-state index in [9.17, 15) is 4.79 Å². The van der Waals surface area contributed by atoms with Gasteiger partial charge in [-0.1, -0.05) is 0 Å². The van der Waals surface area contributed by atoms with Gasteiger partial charge in [-0.2, -0.15) is 0 Å². The normalized spacial score (nSPS) is 17.6. The van der Waals surface area contributed by atoms with E-state index in [1.807, 2.05) is 25.7 Å². The Bertz CT molecular complexity index is 292. The molecule has 0 aromatic heterocycles. The molecule has 1 N–H and O–H groups in total. The monoisotopic (exact) mass is 285 g/mol. The van der Waals surface area contributed by atoms with Crippen molar-refractivity contribution in [2.75, 3.05) is 46.8 Å². The molecule has 0 bridgehead atoms. The van der Waals surface area contributed by atoms with Crippen molar-refractivity contribution in [3.05, 3.63) is 0 Å². The predicted octanol–water partition coefficient (Wildman–Crippen LogP) is 1.78. The minimum Gasteiger partial charge on any atom is -0.444 e. The highest BCUT2D eigenvalue weighted by Crippen LogP contribution is 2.19. The molecule has 5 nitrogen and oxygen atoms in total. The van der Waals surface area contributed by atoms with Gasteiger partial charge in [-0.15, -0.1) is 0 Å². The van der Waals surface area contributed by atoms with E-state index in [1.165, 1.54) is 0 Å². The van der Waals surface area contributed by atoms with Crippen LogP contribution in [0.15, 0.2) is 0 Å². The summed E-state index contributed by atoms with van der Waals surface area (Å²) >= 11 is 0. The van der Waals surface area contributed by atoms with E-state index in [1.54, 1.807) is 0 Å². The minimum absolute atomic E-state index is 0.170. The summed E-state index contributed by atoms with van der Waals surface area (Å²) < 4.78 is 5.40. The third-order valence-electron chi connectivity index (χ3n) is 3.44. The average Bonchev–Trinajstić information content (AvgIpc) is 2.33. The Kier molecular flexibility index (Phi) is 6.76. The van der Waals surface area contributed by atoms with E-state index in [2.05, 4.69) is 24.3 Å². The van der Waals surface area contributed by atoms with Crippen molar-refractivity contribution in [3.63, 3.8) is 0 Å². The van der Waals surface area contributed by atoms with Crippen LogP contribution in [-0.2, 0) is 4.74 Å².